The molecule has 0 heterocycles. The van der Waals surface area contributed by atoms with Gasteiger partial charge < -0.3 is 0 Å². The maximum absolute atomic E-state index is 10.7. The summed E-state index contributed by atoms with van der Waals surface area (Å²) in [7, 11) is -10.7. The third kappa shape index (κ3) is 23.5. The molecule has 1 nitrogen and oxygen atoms in total. The Kier molecular flexibility index (Phi) is 9.58. The zero-order valence-corrected chi connectivity index (χ0v) is 15.0. The second kappa shape index (κ2) is 9.04. The molecule has 139 valence electrons. The van der Waals surface area contributed by atoms with E-state index in [0.29, 0.717) is 11.4 Å². The third-order valence-corrected chi connectivity index (χ3v) is 2.32. The molecule has 0 amide bonds. The smallest absolute Gasteiger partial charge is 0.00506 e. The molecule has 1 aromatic rings. The number of halogens is 7. The average Bonchev–Trinajstić information content (AvgIpc) is 2.86. The van der Waals surface area contributed by atoms with Crippen molar-refractivity contribution in [2.75, 3.05) is 0 Å². The van der Waals surface area contributed by atoms with Crippen molar-refractivity contribution in [3.05, 3.63) is 65.6 Å². The van der Waals surface area contributed by atoms with Gasteiger partial charge in [-0.2, -0.15) is 0 Å². The van der Waals surface area contributed by atoms with Crippen LogP contribution in [-0.4, -0.2) is 5.78 Å². The first kappa shape index (κ1) is 25.4. The van der Waals surface area contributed by atoms with E-state index in [1.54, 1.807) is 13.0 Å². The number of carbonyl (C=O) groups excluding carboxylic acids is 1. The fourth-order valence-corrected chi connectivity index (χ4v) is 1.43. The number of hydrogen-bond acceptors (Lipinski definition) is 1. The molecule has 0 aromatic heterocycles. The van der Waals surface area contributed by atoms with Gasteiger partial charge in [0.05, 0.1) is 0 Å². The van der Waals surface area contributed by atoms with Crippen molar-refractivity contribution in [1.82, 2.24) is 0 Å². The first-order valence-electron chi connectivity index (χ1n) is 6.11. The van der Waals surface area contributed by atoms with Crippen molar-refractivity contribution in [2.24, 2.45) is 0 Å². The molecule has 0 saturated heterocycles. The van der Waals surface area contributed by atoms with Crippen LogP contribution in [0.5, 0.6) is 0 Å². The standard InChI is InChI=1S/C9H9ClO.C5H5.F6P.Fe/c1-7(11)6-8-4-2-3-5-9(8)10;1-2-4-5-3-1;1-7(2,3,4,5)6;/h2-5H,6H2,1H3;1-5H;;/q;;-1;. The molecule has 0 N–H and O–H groups in total. The summed E-state index contributed by atoms with van der Waals surface area (Å²) < 4.78 is 59.2. The van der Waals surface area contributed by atoms with Crippen LogP contribution in [0.4, 0.5) is 25.2 Å². The quantitative estimate of drug-likeness (QED) is 0.274. The van der Waals surface area contributed by atoms with Gasteiger partial charge in [0.15, 0.2) is 0 Å². The molecule has 1 aliphatic carbocycles. The van der Waals surface area contributed by atoms with Gasteiger partial charge in [-0.25, -0.2) is 0 Å². The Balaban J connectivity index is 0. The number of Topliss-reactive ketones (excluding diaryl/α,β-unsaturated/α-hetero) is 1. The average molecular weight is 435 g/mol. The number of hydrogen-bond donors (Lipinski definition) is 0. The van der Waals surface area contributed by atoms with Crippen LogP contribution in [0.15, 0.2) is 48.6 Å². The van der Waals surface area contributed by atoms with Crippen LogP contribution >= 0.6 is 19.4 Å². The number of ketones is 1. The van der Waals surface area contributed by atoms with E-state index in [2.05, 4.69) is 0 Å². The van der Waals surface area contributed by atoms with Crippen LogP contribution in [0.3, 0.4) is 0 Å². The number of benzene rings is 1. The minimum atomic E-state index is -10.7. The second-order valence-corrected chi connectivity index (χ2v) is 6.71. The molecular formula is C14H14ClF6FeOP-. The van der Waals surface area contributed by atoms with Crippen LogP contribution in [0.2, 0.25) is 5.02 Å². The summed E-state index contributed by atoms with van der Waals surface area (Å²) in [6, 6.07) is 7.39. The van der Waals surface area contributed by atoms with E-state index >= 15 is 0 Å². The first-order valence-corrected chi connectivity index (χ1v) is 8.51. The van der Waals surface area contributed by atoms with Crippen LogP contribution in [-0.2, 0) is 28.3 Å². The summed E-state index contributed by atoms with van der Waals surface area (Å²) in [6.45, 7) is 1.56. The maximum atomic E-state index is 10.7. The van der Waals surface area contributed by atoms with E-state index in [-0.39, 0.29) is 22.9 Å². The molecular weight excluding hydrogens is 420 g/mol. The van der Waals surface area contributed by atoms with Crippen molar-refractivity contribution in [1.29, 1.82) is 0 Å². The summed E-state index contributed by atoms with van der Waals surface area (Å²) in [5, 5.41) is 0.669. The topological polar surface area (TPSA) is 17.1 Å². The van der Waals surface area contributed by atoms with Crippen LogP contribution in [0, 0.1) is 6.42 Å². The van der Waals surface area contributed by atoms with Gasteiger partial charge in [-0.05, 0) is 18.6 Å². The summed E-state index contributed by atoms with van der Waals surface area (Å²) >= 11 is 5.82. The molecule has 1 radical (unpaired) electrons. The Bertz CT molecular complexity index is 577. The van der Waals surface area contributed by atoms with Crippen molar-refractivity contribution in [3.8, 4) is 0 Å². The summed E-state index contributed by atoms with van der Waals surface area (Å²) in [6.07, 6.45) is 10.4. The predicted octanol–water partition coefficient (Wildman–Crippen LogP) is 7.17. The Morgan fingerprint density at radius 2 is 1.38 bits per heavy atom. The largest absolute Gasteiger partial charge is 0.0767 e. The van der Waals surface area contributed by atoms with Crippen LogP contribution in [0.25, 0.3) is 0 Å². The van der Waals surface area contributed by atoms with Crippen molar-refractivity contribution in [2.45, 2.75) is 13.3 Å². The zero-order valence-electron chi connectivity index (χ0n) is 12.3. The number of allylic oxidation sites excluding steroid dienone is 4. The van der Waals surface area contributed by atoms with Crippen molar-refractivity contribution >= 4 is 25.2 Å². The molecule has 0 bridgehead atoms. The molecule has 0 fully saturated rings. The Labute approximate surface area is 151 Å². The SMILES string of the molecule is CC(=O)Cc1ccccc1Cl.F[P-](F)(F)(F)(F)F.[CH]1C=CC=C1.[Fe]. The van der Waals surface area contributed by atoms with E-state index in [0.717, 1.165) is 5.56 Å². The van der Waals surface area contributed by atoms with Crippen LogP contribution < -0.4 is 0 Å². The monoisotopic (exact) mass is 434 g/mol. The minimum Gasteiger partial charge on any atom is -0.0767 e. The van der Waals surface area contributed by atoms with Gasteiger partial charge in [-0.3, -0.25) is 4.79 Å². The fourth-order valence-electron chi connectivity index (χ4n) is 1.23. The molecule has 0 aliphatic heterocycles. The molecule has 0 atom stereocenters. The molecule has 10 heteroatoms. The van der Waals surface area contributed by atoms with Gasteiger partial charge in [0.1, 0.15) is 5.78 Å². The van der Waals surface area contributed by atoms with Gasteiger partial charge >= 0.3 is 33.0 Å². The number of carbonyl (C=O) groups is 1. The number of rotatable bonds is 2. The van der Waals surface area contributed by atoms with Gasteiger partial charge in [0.25, 0.3) is 0 Å². The predicted molar refractivity (Wildman–Crippen MR) is 82.0 cm³/mol. The fraction of sp³-hybridized carbons (Fsp3) is 0.143. The van der Waals surface area contributed by atoms with Gasteiger partial charge in [0, 0.05) is 34.9 Å². The molecule has 24 heavy (non-hydrogen) atoms. The zero-order chi connectivity index (χ0) is 18.2. The Morgan fingerprint density at radius 1 is 0.958 bits per heavy atom. The van der Waals surface area contributed by atoms with Crippen molar-refractivity contribution in [3.63, 3.8) is 0 Å². The third-order valence-electron chi connectivity index (χ3n) is 1.95. The van der Waals surface area contributed by atoms with Gasteiger partial charge in [0.2, 0.25) is 0 Å². The van der Waals surface area contributed by atoms with E-state index in [1.807, 2.05) is 48.9 Å². The molecule has 0 saturated carbocycles. The molecule has 0 unspecified atom stereocenters. The normalized spacial score (nSPS) is 14.8. The van der Waals surface area contributed by atoms with E-state index in [4.69, 9.17) is 11.6 Å². The van der Waals surface area contributed by atoms with Crippen LogP contribution in [0.1, 0.15) is 12.5 Å². The van der Waals surface area contributed by atoms with Crippen molar-refractivity contribution < 1.29 is 47.0 Å². The second-order valence-electron chi connectivity index (χ2n) is 4.39. The Morgan fingerprint density at radius 3 is 1.67 bits per heavy atom. The molecule has 1 aliphatic rings. The maximum Gasteiger partial charge on any atom is 0.00506 e. The first-order chi connectivity index (χ1) is 10.1. The van der Waals surface area contributed by atoms with E-state index in [9.17, 15) is 30.0 Å². The van der Waals surface area contributed by atoms with Gasteiger partial charge in [-0.15, -0.1) is 0 Å². The van der Waals surface area contributed by atoms with Gasteiger partial charge in [-0.1, -0.05) is 54.1 Å². The summed E-state index contributed by atoms with van der Waals surface area (Å²) in [5.41, 5.74) is 0.904. The summed E-state index contributed by atoms with van der Waals surface area (Å²) in [5.74, 6) is 0.137. The van der Waals surface area contributed by atoms with E-state index < -0.39 is 7.81 Å². The Hall–Kier alpha value is -0.811. The minimum absolute atomic E-state index is 0. The van der Waals surface area contributed by atoms with E-state index in [1.165, 1.54) is 0 Å². The molecule has 2 rings (SSSR count). The molecule has 0 spiro atoms. The summed E-state index contributed by atoms with van der Waals surface area (Å²) in [4.78, 5) is 10.7. The molecule has 1 aromatic carbocycles.